The lowest BCUT2D eigenvalue weighted by Crippen LogP contribution is -2.31. The number of Topliss-reactive ketones (excluding diaryl/α,β-unsaturated/α-hetero) is 1. The minimum Gasteiger partial charge on any atom is -0.439 e. The van der Waals surface area contributed by atoms with Crippen LogP contribution in [0, 0.1) is 12.8 Å². The normalized spacial score (nSPS) is 26.1. The fourth-order valence-corrected chi connectivity index (χ4v) is 4.60. The van der Waals surface area contributed by atoms with Crippen molar-refractivity contribution in [2.24, 2.45) is 5.92 Å². The number of aromatic nitrogens is 3. The van der Waals surface area contributed by atoms with E-state index in [0.717, 1.165) is 48.8 Å². The highest BCUT2D eigenvalue weighted by Crippen LogP contribution is 2.34. The van der Waals surface area contributed by atoms with Crippen molar-refractivity contribution in [1.82, 2.24) is 19.9 Å². The Labute approximate surface area is 174 Å². The van der Waals surface area contributed by atoms with Gasteiger partial charge in [-0.15, -0.1) is 0 Å². The van der Waals surface area contributed by atoms with Crippen LogP contribution < -0.4 is 0 Å². The van der Waals surface area contributed by atoms with Crippen LogP contribution in [0.3, 0.4) is 0 Å². The number of alkyl halides is 1. The van der Waals surface area contributed by atoms with Gasteiger partial charge >= 0.3 is 0 Å². The van der Waals surface area contributed by atoms with E-state index in [1.54, 1.807) is 19.3 Å². The summed E-state index contributed by atoms with van der Waals surface area (Å²) < 4.78 is 18.3. The third kappa shape index (κ3) is 3.86. The van der Waals surface area contributed by atoms with Gasteiger partial charge in [-0.2, -0.15) is 0 Å². The van der Waals surface area contributed by atoms with Gasteiger partial charge < -0.3 is 4.42 Å². The summed E-state index contributed by atoms with van der Waals surface area (Å²) in [5.74, 6) is 1.55. The summed E-state index contributed by atoms with van der Waals surface area (Å²) in [6, 6.07) is 6.32. The van der Waals surface area contributed by atoms with Crippen LogP contribution in [0.1, 0.15) is 37.3 Å². The second kappa shape index (κ2) is 7.87. The van der Waals surface area contributed by atoms with Gasteiger partial charge in [0.1, 0.15) is 18.2 Å². The molecule has 0 amide bonds. The summed E-state index contributed by atoms with van der Waals surface area (Å²) >= 11 is 0. The fourth-order valence-electron chi connectivity index (χ4n) is 4.60. The molecule has 5 rings (SSSR count). The van der Waals surface area contributed by atoms with Crippen molar-refractivity contribution < 1.29 is 13.6 Å². The van der Waals surface area contributed by atoms with Crippen LogP contribution >= 0.6 is 0 Å². The number of hydrogen-bond donors (Lipinski definition) is 0. The number of ketones is 1. The first kappa shape index (κ1) is 19.3. The average Bonchev–Trinajstić information content (AvgIpc) is 3.44. The van der Waals surface area contributed by atoms with E-state index in [2.05, 4.69) is 19.9 Å². The molecule has 1 aliphatic heterocycles. The molecule has 2 atom stereocenters. The second-order valence-electron chi connectivity index (χ2n) is 8.46. The topological polar surface area (TPSA) is 71.9 Å². The van der Waals surface area contributed by atoms with Crippen molar-refractivity contribution >= 4 is 16.7 Å². The predicted octanol–water partition coefficient (Wildman–Crippen LogP) is 3.92. The summed E-state index contributed by atoms with van der Waals surface area (Å²) in [5.41, 5.74) is 2.25. The SMILES string of the molecule is Cc1ncc(-c2ccc3cnc(CC(=O)C4CCC(N5CC5CF)CC4)cc3n2)o1. The zero-order valence-corrected chi connectivity index (χ0v) is 17.1. The molecule has 0 aromatic carbocycles. The zero-order chi connectivity index (χ0) is 20.7. The van der Waals surface area contributed by atoms with Crippen molar-refractivity contribution in [2.45, 2.75) is 51.1 Å². The minimum atomic E-state index is -0.252. The van der Waals surface area contributed by atoms with Gasteiger partial charge in [-0.25, -0.2) is 14.4 Å². The number of nitrogens with zero attached hydrogens (tertiary/aromatic N) is 4. The van der Waals surface area contributed by atoms with Crippen molar-refractivity contribution in [3.63, 3.8) is 0 Å². The highest BCUT2D eigenvalue weighted by atomic mass is 19.1. The minimum absolute atomic E-state index is 0.0824. The molecule has 1 saturated heterocycles. The number of carbonyl (C=O) groups is 1. The Morgan fingerprint density at radius 1 is 1.20 bits per heavy atom. The number of fused-ring (bicyclic) bond motifs is 1. The molecular formula is C23H25FN4O2. The first-order valence-corrected chi connectivity index (χ1v) is 10.6. The van der Waals surface area contributed by atoms with Crippen LogP contribution in [0.25, 0.3) is 22.4 Å². The molecule has 4 heterocycles. The average molecular weight is 408 g/mol. The summed E-state index contributed by atoms with van der Waals surface area (Å²) in [6.07, 6.45) is 7.52. The Bertz CT molecular complexity index is 1070. The lowest BCUT2D eigenvalue weighted by molar-refractivity contribution is -0.123. The van der Waals surface area contributed by atoms with Gasteiger partial charge in [-0.1, -0.05) is 0 Å². The first-order chi connectivity index (χ1) is 14.6. The van der Waals surface area contributed by atoms with Crippen LogP contribution in [-0.2, 0) is 11.2 Å². The Morgan fingerprint density at radius 3 is 2.73 bits per heavy atom. The molecule has 3 aromatic rings. The molecule has 156 valence electrons. The number of hydrogen-bond acceptors (Lipinski definition) is 6. The highest BCUT2D eigenvalue weighted by Gasteiger charge is 2.41. The van der Waals surface area contributed by atoms with Gasteiger partial charge in [0, 0.05) is 49.1 Å². The van der Waals surface area contributed by atoms with E-state index in [-0.39, 0.29) is 24.4 Å². The van der Waals surface area contributed by atoms with Gasteiger partial charge in [0.05, 0.1) is 17.8 Å². The summed E-state index contributed by atoms with van der Waals surface area (Å²) in [6.45, 7) is 2.43. The third-order valence-corrected chi connectivity index (χ3v) is 6.42. The molecule has 2 unspecified atom stereocenters. The molecule has 1 aliphatic carbocycles. The summed E-state index contributed by atoms with van der Waals surface area (Å²) in [5, 5.41) is 0.924. The maximum atomic E-state index is 12.9. The molecule has 2 fully saturated rings. The van der Waals surface area contributed by atoms with Gasteiger partial charge in [0.2, 0.25) is 0 Å². The van der Waals surface area contributed by atoms with E-state index < -0.39 is 0 Å². The predicted molar refractivity (Wildman–Crippen MR) is 111 cm³/mol. The zero-order valence-electron chi connectivity index (χ0n) is 17.1. The molecular weight excluding hydrogens is 383 g/mol. The van der Waals surface area contributed by atoms with Crippen molar-refractivity contribution in [3.8, 4) is 11.5 Å². The molecule has 1 saturated carbocycles. The molecule has 30 heavy (non-hydrogen) atoms. The number of halogens is 1. The van der Waals surface area contributed by atoms with E-state index in [9.17, 15) is 9.18 Å². The molecule has 2 aliphatic rings. The summed E-state index contributed by atoms with van der Waals surface area (Å²) in [7, 11) is 0. The van der Waals surface area contributed by atoms with E-state index in [4.69, 9.17) is 4.42 Å². The maximum Gasteiger partial charge on any atom is 0.191 e. The number of carbonyl (C=O) groups excluding carboxylic acids is 1. The van der Waals surface area contributed by atoms with Gasteiger partial charge in [0.15, 0.2) is 11.7 Å². The monoisotopic (exact) mass is 408 g/mol. The van der Waals surface area contributed by atoms with Crippen LogP contribution in [0.2, 0.25) is 0 Å². The van der Waals surface area contributed by atoms with Gasteiger partial charge in [-0.05, 0) is 43.9 Å². The van der Waals surface area contributed by atoms with Crippen LogP contribution in [-0.4, -0.2) is 50.9 Å². The number of pyridine rings is 2. The van der Waals surface area contributed by atoms with Crippen LogP contribution in [0.5, 0.6) is 0 Å². The highest BCUT2D eigenvalue weighted by molar-refractivity contribution is 5.85. The van der Waals surface area contributed by atoms with Gasteiger partial charge in [-0.3, -0.25) is 14.7 Å². The molecule has 7 heteroatoms. The van der Waals surface area contributed by atoms with Crippen LogP contribution in [0.4, 0.5) is 4.39 Å². The Morgan fingerprint density at radius 2 is 2.03 bits per heavy atom. The van der Waals surface area contributed by atoms with E-state index in [1.165, 1.54) is 0 Å². The summed E-state index contributed by atoms with van der Waals surface area (Å²) in [4.78, 5) is 28.4. The quantitative estimate of drug-likeness (QED) is 0.576. The third-order valence-electron chi connectivity index (χ3n) is 6.42. The number of rotatable bonds is 6. The lowest BCUT2D eigenvalue weighted by Gasteiger charge is -2.29. The first-order valence-electron chi connectivity index (χ1n) is 10.6. The molecule has 3 aromatic heterocycles. The Kier molecular flexibility index (Phi) is 5.06. The van der Waals surface area contributed by atoms with Crippen LogP contribution in [0.15, 0.2) is 35.0 Å². The molecule has 6 nitrogen and oxygen atoms in total. The van der Waals surface area contributed by atoms with Crippen molar-refractivity contribution in [1.29, 1.82) is 0 Å². The Hall–Kier alpha value is -2.67. The smallest absolute Gasteiger partial charge is 0.191 e. The van der Waals surface area contributed by atoms with Gasteiger partial charge in [0.25, 0.3) is 0 Å². The number of oxazole rings is 1. The molecule has 0 bridgehead atoms. The fraction of sp³-hybridized carbons (Fsp3) is 0.478. The largest absolute Gasteiger partial charge is 0.439 e. The second-order valence-corrected chi connectivity index (χ2v) is 8.46. The van der Waals surface area contributed by atoms with E-state index in [1.807, 2.05) is 18.2 Å². The van der Waals surface area contributed by atoms with Crippen molar-refractivity contribution in [3.05, 3.63) is 42.2 Å². The lowest BCUT2D eigenvalue weighted by atomic mass is 9.82. The maximum absolute atomic E-state index is 12.9. The van der Waals surface area contributed by atoms with Crippen molar-refractivity contribution in [2.75, 3.05) is 13.2 Å². The molecule has 0 spiro atoms. The van der Waals surface area contributed by atoms with E-state index in [0.29, 0.717) is 29.8 Å². The molecule has 0 radical (unpaired) electrons. The van der Waals surface area contributed by atoms with E-state index >= 15 is 0 Å². The Balaban J connectivity index is 1.25. The number of aryl methyl sites for hydroxylation is 1. The standard InChI is InChI=1S/C23H25FN4O2/c1-14-25-12-23(30-14)20-7-4-16-11-26-17(8-21(16)27-20)9-22(29)15-2-5-18(6-3-15)28-13-19(28)10-24/h4,7-8,11-12,15,18-19H,2-3,5-6,9-10,13H2,1H3. The molecule has 0 N–H and O–H groups in total.